The highest BCUT2D eigenvalue weighted by Crippen LogP contribution is 2.19. The second-order valence-electron chi connectivity index (χ2n) is 3.32. The molecule has 0 fully saturated rings. The predicted molar refractivity (Wildman–Crippen MR) is 56.2 cm³/mol. The van der Waals surface area contributed by atoms with Crippen LogP contribution in [0, 0.1) is 6.92 Å². The molecule has 0 spiro atoms. The number of benzene rings is 1. The molecule has 0 aliphatic carbocycles. The smallest absolute Gasteiger partial charge is 0.122 e. The van der Waals surface area contributed by atoms with E-state index < -0.39 is 0 Å². The van der Waals surface area contributed by atoms with Crippen molar-refractivity contribution in [2.24, 2.45) is 0 Å². The Morgan fingerprint density at radius 3 is 2.31 bits per heavy atom. The Balaban J connectivity index is 2.67. The highest BCUT2D eigenvalue weighted by Gasteiger charge is 2.05. The lowest BCUT2D eigenvalue weighted by molar-refractivity contribution is 0.191. The monoisotopic (exact) mass is 178 g/mol. The van der Waals surface area contributed by atoms with Crippen molar-refractivity contribution in [2.75, 3.05) is 0 Å². The Hall–Kier alpha value is -0.980. The standard InChI is InChI=1S/C12H18O/c1-4-11(5-2)13-12-9-7-6-8-10(12)3/h6-9,11H,4-5H2,1-3H3. The van der Waals surface area contributed by atoms with E-state index in [0.29, 0.717) is 6.10 Å². The van der Waals surface area contributed by atoms with E-state index in [9.17, 15) is 0 Å². The number of hydrogen-bond donors (Lipinski definition) is 0. The molecule has 1 rings (SSSR count). The highest BCUT2D eigenvalue weighted by atomic mass is 16.5. The minimum Gasteiger partial charge on any atom is -0.490 e. The molecule has 1 aromatic carbocycles. The van der Waals surface area contributed by atoms with Crippen LogP contribution in [-0.4, -0.2) is 6.10 Å². The molecule has 0 N–H and O–H groups in total. The first-order valence-electron chi connectivity index (χ1n) is 5.00. The number of para-hydroxylation sites is 1. The Labute approximate surface area is 80.7 Å². The molecule has 0 unspecified atom stereocenters. The molecule has 0 bridgehead atoms. The summed E-state index contributed by atoms with van der Waals surface area (Å²) in [6.45, 7) is 6.40. The summed E-state index contributed by atoms with van der Waals surface area (Å²) in [6, 6.07) is 8.17. The predicted octanol–water partition coefficient (Wildman–Crippen LogP) is 3.56. The summed E-state index contributed by atoms with van der Waals surface area (Å²) in [5.74, 6) is 1.02. The molecule has 0 aliphatic heterocycles. The molecule has 13 heavy (non-hydrogen) atoms. The van der Waals surface area contributed by atoms with Crippen LogP contribution in [0.3, 0.4) is 0 Å². The topological polar surface area (TPSA) is 9.23 Å². The third kappa shape index (κ3) is 2.76. The highest BCUT2D eigenvalue weighted by molar-refractivity contribution is 5.31. The summed E-state index contributed by atoms with van der Waals surface area (Å²) in [4.78, 5) is 0. The van der Waals surface area contributed by atoms with Crippen molar-refractivity contribution in [3.8, 4) is 5.75 Å². The molecule has 1 heteroatoms. The van der Waals surface area contributed by atoms with E-state index in [-0.39, 0.29) is 0 Å². The largest absolute Gasteiger partial charge is 0.490 e. The average Bonchev–Trinajstić information content (AvgIpc) is 2.17. The minimum atomic E-state index is 0.362. The number of hydrogen-bond acceptors (Lipinski definition) is 1. The van der Waals surface area contributed by atoms with Crippen molar-refractivity contribution in [1.82, 2.24) is 0 Å². The first kappa shape index (κ1) is 10.1. The molecular weight excluding hydrogens is 160 g/mol. The molecule has 0 heterocycles. The maximum absolute atomic E-state index is 5.84. The number of rotatable bonds is 4. The average molecular weight is 178 g/mol. The van der Waals surface area contributed by atoms with E-state index in [1.54, 1.807) is 0 Å². The lowest BCUT2D eigenvalue weighted by Gasteiger charge is -2.16. The van der Waals surface area contributed by atoms with Gasteiger partial charge in [0.15, 0.2) is 0 Å². The first-order valence-corrected chi connectivity index (χ1v) is 5.00. The maximum atomic E-state index is 5.84. The molecule has 72 valence electrons. The van der Waals surface area contributed by atoms with Crippen LogP contribution < -0.4 is 4.74 Å². The summed E-state index contributed by atoms with van der Waals surface area (Å²) in [7, 11) is 0. The van der Waals surface area contributed by atoms with Gasteiger partial charge in [0.25, 0.3) is 0 Å². The molecule has 0 saturated carbocycles. The van der Waals surface area contributed by atoms with Crippen LogP contribution in [0.1, 0.15) is 32.3 Å². The second-order valence-corrected chi connectivity index (χ2v) is 3.32. The summed E-state index contributed by atoms with van der Waals surface area (Å²) in [5.41, 5.74) is 1.22. The lowest BCUT2D eigenvalue weighted by Crippen LogP contribution is -2.14. The van der Waals surface area contributed by atoms with Gasteiger partial charge in [-0.25, -0.2) is 0 Å². The quantitative estimate of drug-likeness (QED) is 0.685. The van der Waals surface area contributed by atoms with E-state index in [2.05, 4.69) is 26.8 Å². The Kier molecular flexibility index (Phi) is 3.81. The summed E-state index contributed by atoms with van der Waals surface area (Å²) < 4.78 is 5.84. The van der Waals surface area contributed by atoms with E-state index in [1.807, 2.05) is 18.2 Å². The fourth-order valence-corrected chi connectivity index (χ4v) is 1.32. The molecule has 0 aromatic heterocycles. The summed E-state index contributed by atoms with van der Waals surface area (Å²) >= 11 is 0. The minimum absolute atomic E-state index is 0.362. The third-order valence-corrected chi connectivity index (χ3v) is 2.30. The fraction of sp³-hybridized carbons (Fsp3) is 0.500. The first-order chi connectivity index (χ1) is 6.27. The Bertz CT molecular complexity index is 251. The van der Waals surface area contributed by atoms with Gasteiger partial charge in [0, 0.05) is 0 Å². The molecular formula is C12H18O. The van der Waals surface area contributed by atoms with Crippen LogP contribution in [0.4, 0.5) is 0 Å². The molecule has 0 amide bonds. The number of aryl methyl sites for hydroxylation is 1. The lowest BCUT2D eigenvalue weighted by atomic mass is 10.2. The zero-order valence-electron chi connectivity index (χ0n) is 8.71. The molecule has 0 atom stereocenters. The van der Waals surface area contributed by atoms with Crippen LogP contribution >= 0.6 is 0 Å². The molecule has 1 nitrogen and oxygen atoms in total. The van der Waals surface area contributed by atoms with Gasteiger partial charge in [-0.3, -0.25) is 0 Å². The normalized spacial score (nSPS) is 10.5. The van der Waals surface area contributed by atoms with Crippen molar-refractivity contribution < 1.29 is 4.74 Å². The van der Waals surface area contributed by atoms with Gasteiger partial charge < -0.3 is 4.74 Å². The van der Waals surface area contributed by atoms with Crippen molar-refractivity contribution >= 4 is 0 Å². The maximum Gasteiger partial charge on any atom is 0.122 e. The Morgan fingerprint density at radius 2 is 1.77 bits per heavy atom. The van der Waals surface area contributed by atoms with Crippen LogP contribution in [0.25, 0.3) is 0 Å². The molecule has 0 aliphatic rings. The van der Waals surface area contributed by atoms with E-state index >= 15 is 0 Å². The van der Waals surface area contributed by atoms with Gasteiger partial charge in [0.2, 0.25) is 0 Å². The van der Waals surface area contributed by atoms with Gasteiger partial charge in [-0.15, -0.1) is 0 Å². The molecule has 0 saturated heterocycles. The third-order valence-electron chi connectivity index (χ3n) is 2.30. The van der Waals surface area contributed by atoms with Crippen LogP contribution in [0.15, 0.2) is 24.3 Å². The van der Waals surface area contributed by atoms with Crippen LogP contribution in [-0.2, 0) is 0 Å². The van der Waals surface area contributed by atoms with Crippen molar-refractivity contribution in [1.29, 1.82) is 0 Å². The van der Waals surface area contributed by atoms with Gasteiger partial charge in [0.1, 0.15) is 5.75 Å². The van der Waals surface area contributed by atoms with Gasteiger partial charge in [-0.05, 0) is 31.4 Å². The summed E-state index contributed by atoms with van der Waals surface area (Å²) in [5, 5.41) is 0. The van der Waals surface area contributed by atoms with Gasteiger partial charge in [-0.1, -0.05) is 32.0 Å². The SMILES string of the molecule is CCC(CC)Oc1ccccc1C. The molecule has 1 aromatic rings. The van der Waals surface area contributed by atoms with E-state index in [0.717, 1.165) is 18.6 Å². The summed E-state index contributed by atoms with van der Waals surface area (Å²) in [6.07, 6.45) is 2.51. The van der Waals surface area contributed by atoms with Gasteiger partial charge in [-0.2, -0.15) is 0 Å². The van der Waals surface area contributed by atoms with Gasteiger partial charge >= 0.3 is 0 Å². The fourth-order valence-electron chi connectivity index (χ4n) is 1.32. The van der Waals surface area contributed by atoms with E-state index in [4.69, 9.17) is 4.74 Å². The van der Waals surface area contributed by atoms with Crippen molar-refractivity contribution in [3.63, 3.8) is 0 Å². The zero-order valence-corrected chi connectivity index (χ0v) is 8.71. The van der Waals surface area contributed by atoms with Crippen molar-refractivity contribution in [3.05, 3.63) is 29.8 Å². The second kappa shape index (κ2) is 4.90. The Morgan fingerprint density at radius 1 is 1.15 bits per heavy atom. The van der Waals surface area contributed by atoms with E-state index in [1.165, 1.54) is 5.56 Å². The van der Waals surface area contributed by atoms with Crippen molar-refractivity contribution in [2.45, 2.75) is 39.7 Å². The van der Waals surface area contributed by atoms with Crippen LogP contribution in [0.2, 0.25) is 0 Å². The molecule has 0 radical (unpaired) electrons. The van der Waals surface area contributed by atoms with Gasteiger partial charge in [0.05, 0.1) is 6.10 Å². The van der Waals surface area contributed by atoms with Crippen LogP contribution in [0.5, 0.6) is 5.75 Å². The number of ether oxygens (including phenoxy) is 1. The zero-order chi connectivity index (χ0) is 9.68.